The van der Waals surface area contributed by atoms with Crippen molar-refractivity contribution in [3.05, 3.63) is 40.2 Å². The van der Waals surface area contributed by atoms with Crippen molar-refractivity contribution in [2.45, 2.75) is 26.3 Å². The lowest BCUT2D eigenvalue weighted by molar-refractivity contribution is 0.0925. The zero-order valence-electron chi connectivity index (χ0n) is 10.5. The Hall–Kier alpha value is -2.51. The Labute approximate surface area is 108 Å². The second-order valence-electron chi connectivity index (χ2n) is 3.86. The fourth-order valence-corrected chi connectivity index (χ4v) is 1.43. The molecule has 0 radical (unpaired) electrons. The molecule has 0 spiro atoms. The molecule has 2 N–H and O–H groups in total. The van der Waals surface area contributed by atoms with Crippen LogP contribution >= 0.6 is 0 Å². The molecule has 2 heterocycles. The number of nitrogens with one attached hydrogen (secondary N) is 2. The van der Waals surface area contributed by atoms with Crippen LogP contribution in [0, 0.1) is 0 Å². The first-order valence-electron chi connectivity index (χ1n) is 5.78. The van der Waals surface area contributed by atoms with Crippen molar-refractivity contribution < 1.29 is 9.32 Å². The molecule has 1 unspecified atom stereocenters. The van der Waals surface area contributed by atoms with Gasteiger partial charge in [0.1, 0.15) is 6.04 Å². The topological polar surface area (TPSA) is 114 Å². The van der Waals surface area contributed by atoms with Gasteiger partial charge in [0.05, 0.1) is 0 Å². The second kappa shape index (κ2) is 5.42. The highest BCUT2D eigenvalue weighted by Gasteiger charge is 2.19. The molecule has 1 atom stereocenters. The van der Waals surface area contributed by atoms with Crippen molar-refractivity contribution in [2.75, 3.05) is 0 Å². The summed E-state index contributed by atoms with van der Waals surface area (Å²) in [5.41, 5.74) is -0.753. The van der Waals surface area contributed by atoms with Crippen LogP contribution in [0.5, 0.6) is 0 Å². The third-order valence-electron chi connectivity index (χ3n) is 2.44. The van der Waals surface area contributed by atoms with E-state index >= 15 is 0 Å². The Morgan fingerprint density at radius 1 is 1.58 bits per heavy atom. The lowest BCUT2D eigenvalue weighted by Crippen LogP contribution is -2.32. The van der Waals surface area contributed by atoms with E-state index in [1.807, 2.05) is 6.92 Å². The first-order valence-corrected chi connectivity index (χ1v) is 5.78. The minimum Gasteiger partial charge on any atom is -0.339 e. The smallest absolute Gasteiger partial charge is 0.279 e. The van der Waals surface area contributed by atoms with Crippen molar-refractivity contribution >= 4 is 5.91 Å². The second-order valence-corrected chi connectivity index (χ2v) is 3.86. The molecule has 0 aromatic carbocycles. The van der Waals surface area contributed by atoms with Crippen LogP contribution in [-0.2, 0) is 6.42 Å². The van der Waals surface area contributed by atoms with Crippen molar-refractivity contribution in [2.24, 2.45) is 0 Å². The zero-order valence-corrected chi connectivity index (χ0v) is 10.5. The summed E-state index contributed by atoms with van der Waals surface area (Å²) in [7, 11) is 0. The van der Waals surface area contributed by atoms with E-state index in [0.717, 1.165) is 0 Å². The molecule has 19 heavy (non-hydrogen) atoms. The van der Waals surface area contributed by atoms with E-state index < -0.39 is 17.5 Å². The monoisotopic (exact) mass is 263 g/mol. The summed E-state index contributed by atoms with van der Waals surface area (Å²) in [5, 5.41) is 6.31. The van der Waals surface area contributed by atoms with E-state index in [9.17, 15) is 9.59 Å². The van der Waals surface area contributed by atoms with Crippen LogP contribution < -0.4 is 10.9 Å². The number of aromatic nitrogens is 4. The summed E-state index contributed by atoms with van der Waals surface area (Å²) in [6, 6.07) is -0.498. The SMILES string of the molecule is CCc1noc(C(C)NC(=O)c2ncc[nH]c2=O)n1. The van der Waals surface area contributed by atoms with Crippen LogP contribution in [0.2, 0.25) is 0 Å². The normalized spacial score (nSPS) is 12.1. The third kappa shape index (κ3) is 2.84. The molecule has 0 aliphatic heterocycles. The molecule has 2 rings (SSSR count). The van der Waals surface area contributed by atoms with Crippen molar-refractivity contribution in [1.29, 1.82) is 0 Å². The Kier molecular flexibility index (Phi) is 3.69. The summed E-state index contributed by atoms with van der Waals surface area (Å²) in [6.07, 6.45) is 3.33. The van der Waals surface area contributed by atoms with Gasteiger partial charge in [0.25, 0.3) is 11.5 Å². The van der Waals surface area contributed by atoms with Crippen molar-refractivity contribution in [3.63, 3.8) is 0 Å². The van der Waals surface area contributed by atoms with E-state index in [0.29, 0.717) is 12.2 Å². The number of hydrogen-bond acceptors (Lipinski definition) is 6. The molecule has 2 aromatic heterocycles. The Morgan fingerprint density at radius 3 is 3.00 bits per heavy atom. The molecular weight excluding hydrogens is 250 g/mol. The quantitative estimate of drug-likeness (QED) is 0.814. The molecule has 0 saturated carbocycles. The minimum absolute atomic E-state index is 0.204. The predicted octanol–water partition coefficient (Wildman–Crippen LogP) is 0.206. The summed E-state index contributed by atoms with van der Waals surface area (Å²) in [4.78, 5) is 33.4. The van der Waals surface area contributed by atoms with E-state index in [4.69, 9.17) is 4.52 Å². The van der Waals surface area contributed by atoms with Gasteiger partial charge in [0.15, 0.2) is 11.5 Å². The number of hydrogen-bond donors (Lipinski definition) is 2. The fourth-order valence-electron chi connectivity index (χ4n) is 1.43. The van der Waals surface area contributed by atoms with Crippen molar-refractivity contribution in [1.82, 2.24) is 25.4 Å². The maximum atomic E-state index is 11.8. The van der Waals surface area contributed by atoms with Crippen LogP contribution in [0.4, 0.5) is 0 Å². The summed E-state index contributed by atoms with van der Waals surface area (Å²) >= 11 is 0. The van der Waals surface area contributed by atoms with Gasteiger partial charge in [0, 0.05) is 18.8 Å². The van der Waals surface area contributed by atoms with Crippen LogP contribution in [0.25, 0.3) is 0 Å². The van der Waals surface area contributed by atoms with Gasteiger partial charge in [-0.2, -0.15) is 4.98 Å². The molecule has 0 bridgehead atoms. The number of H-pyrrole nitrogens is 1. The van der Waals surface area contributed by atoms with Gasteiger partial charge in [-0.25, -0.2) is 4.98 Å². The molecule has 0 saturated heterocycles. The van der Waals surface area contributed by atoms with Gasteiger partial charge in [-0.05, 0) is 6.92 Å². The number of carbonyl (C=O) groups excluding carboxylic acids is 1. The Morgan fingerprint density at radius 2 is 2.37 bits per heavy atom. The number of rotatable bonds is 4. The van der Waals surface area contributed by atoms with Gasteiger partial charge in [-0.3, -0.25) is 9.59 Å². The van der Waals surface area contributed by atoms with E-state index in [1.54, 1.807) is 6.92 Å². The number of amides is 1. The van der Waals surface area contributed by atoms with E-state index in [2.05, 4.69) is 25.4 Å². The minimum atomic E-state index is -0.592. The highest BCUT2D eigenvalue weighted by Crippen LogP contribution is 2.09. The molecule has 100 valence electrons. The molecule has 0 fully saturated rings. The third-order valence-corrected chi connectivity index (χ3v) is 2.44. The van der Waals surface area contributed by atoms with Crippen LogP contribution in [0.3, 0.4) is 0 Å². The van der Waals surface area contributed by atoms with E-state index in [1.165, 1.54) is 12.4 Å². The van der Waals surface area contributed by atoms with Crippen molar-refractivity contribution in [3.8, 4) is 0 Å². The highest BCUT2D eigenvalue weighted by molar-refractivity contribution is 5.91. The molecule has 8 nitrogen and oxygen atoms in total. The molecule has 8 heteroatoms. The molecule has 0 aliphatic rings. The summed E-state index contributed by atoms with van der Waals surface area (Å²) in [6.45, 7) is 3.58. The first kappa shape index (κ1) is 12.9. The molecule has 0 aliphatic carbocycles. The molecular formula is C11H13N5O3. The summed E-state index contributed by atoms with van der Waals surface area (Å²) in [5.74, 6) is 0.259. The predicted molar refractivity (Wildman–Crippen MR) is 64.4 cm³/mol. The highest BCUT2D eigenvalue weighted by atomic mass is 16.5. The van der Waals surface area contributed by atoms with Crippen LogP contribution in [0.1, 0.15) is 42.1 Å². The number of aromatic amines is 1. The summed E-state index contributed by atoms with van der Waals surface area (Å²) < 4.78 is 5.00. The van der Waals surface area contributed by atoms with Gasteiger partial charge < -0.3 is 14.8 Å². The molecule has 1 amide bonds. The average Bonchev–Trinajstić information content (AvgIpc) is 2.88. The largest absolute Gasteiger partial charge is 0.339 e. The van der Waals surface area contributed by atoms with E-state index in [-0.39, 0.29) is 11.6 Å². The number of aryl methyl sites for hydroxylation is 1. The lowest BCUT2D eigenvalue weighted by atomic mass is 10.3. The van der Waals surface area contributed by atoms with Gasteiger partial charge in [-0.15, -0.1) is 0 Å². The van der Waals surface area contributed by atoms with Gasteiger partial charge >= 0.3 is 0 Å². The Balaban J connectivity index is 2.11. The lowest BCUT2D eigenvalue weighted by Gasteiger charge is -2.08. The zero-order chi connectivity index (χ0) is 13.8. The average molecular weight is 263 g/mol. The maximum Gasteiger partial charge on any atom is 0.279 e. The van der Waals surface area contributed by atoms with Crippen LogP contribution in [0.15, 0.2) is 21.7 Å². The molecule has 2 aromatic rings. The van der Waals surface area contributed by atoms with Gasteiger partial charge in [-0.1, -0.05) is 12.1 Å². The fraction of sp³-hybridized carbons (Fsp3) is 0.364. The Bertz CT molecular complexity index is 633. The van der Waals surface area contributed by atoms with Gasteiger partial charge in [0.2, 0.25) is 5.89 Å². The number of carbonyl (C=O) groups is 1. The van der Waals surface area contributed by atoms with Crippen LogP contribution in [-0.4, -0.2) is 26.0 Å². The first-order chi connectivity index (χ1) is 9.11. The maximum absolute atomic E-state index is 11.8. The standard InChI is InChI=1S/C11H13N5O3/c1-3-7-15-11(19-16-7)6(2)14-10(18)8-9(17)13-5-4-12-8/h4-6H,3H2,1-2H3,(H,13,17)(H,14,18). The number of nitrogens with zero attached hydrogens (tertiary/aromatic N) is 3.